The minimum absolute atomic E-state index is 0.0371. The maximum atomic E-state index is 13.7. The molecule has 1 aromatic carbocycles. The molecule has 1 aromatic heterocycles. The molecule has 2 aromatic rings. The van der Waals surface area contributed by atoms with Gasteiger partial charge in [0, 0.05) is 43.8 Å². The summed E-state index contributed by atoms with van der Waals surface area (Å²) >= 11 is 0. The summed E-state index contributed by atoms with van der Waals surface area (Å²) < 4.78 is 33.7. The third-order valence-electron chi connectivity index (χ3n) is 7.49. The van der Waals surface area contributed by atoms with Gasteiger partial charge in [0.25, 0.3) is 0 Å². The molecule has 35 heavy (non-hydrogen) atoms. The molecule has 0 saturated heterocycles. The SMILES string of the molecule is CC(=O)N[C@@H](Cc1cc(F)cc(F)c1)[C@@H](O)CN[C@H]1CC2(CCC2)Oc2ncc(CC3CC3)cc21. The van der Waals surface area contributed by atoms with Gasteiger partial charge in [-0.1, -0.05) is 0 Å². The lowest BCUT2D eigenvalue weighted by Gasteiger charge is -2.47. The van der Waals surface area contributed by atoms with E-state index in [1.165, 1.54) is 37.5 Å². The first-order valence-corrected chi connectivity index (χ1v) is 12.6. The van der Waals surface area contributed by atoms with Crippen LogP contribution in [0.25, 0.3) is 0 Å². The first-order chi connectivity index (χ1) is 16.8. The number of fused-ring (bicyclic) bond motifs is 1. The molecular weight excluding hydrogens is 452 g/mol. The number of carbonyl (C=O) groups is 1. The Bertz CT molecular complexity index is 1070. The van der Waals surface area contributed by atoms with E-state index in [9.17, 15) is 18.7 Å². The third kappa shape index (κ3) is 5.81. The quantitative estimate of drug-likeness (QED) is 0.504. The van der Waals surface area contributed by atoms with Gasteiger partial charge in [-0.25, -0.2) is 13.8 Å². The number of aromatic nitrogens is 1. The molecule has 6 nitrogen and oxygen atoms in total. The standard InChI is InChI=1S/C27H33F2N3O3/c1-16(33)32-23(11-18-8-20(28)12-21(29)9-18)25(34)15-30-24-13-27(5-2-6-27)35-26-22(24)10-19(14-31-26)7-17-3-4-17/h8-10,12,14,17,23-25,30,34H,2-7,11,13,15H2,1H3,(H,32,33)/t23-,24-,25-/m0/s1. The summed E-state index contributed by atoms with van der Waals surface area (Å²) in [5.74, 6) is -0.279. The van der Waals surface area contributed by atoms with Gasteiger partial charge in [0.05, 0.1) is 12.1 Å². The van der Waals surface area contributed by atoms with Gasteiger partial charge in [0.1, 0.15) is 17.2 Å². The highest BCUT2D eigenvalue weighted by Crippen LogP contribution is 2.48. The highest BCUT2D eigenvalue weighted by molar-refractivity contribution is 5.73. The van der Waals surface area contributed by atoms with Crippen molar-refractivity contribution >= 4 is 5.91 Å². The van der Waals surface area contributed by atoms with Crippen LogP contribution in [0.4, 0.5) is 8.78 Å². The highest BCUT2D eigenvalue weighted by atomic mass is 19.1. The van der Waals surface area contributed by atoms with Gasteiger partial charge in [-0.2, -0.15) is 0 Å². The van der Waals surface area contributed by atoms with Crippen molar-refractivity contribution in [3.63, 3.8) is 0 Å². The zero-order valence-corrected chi connectivity index (χ0v) is 20.0. The minimum atomic E-state index is -0.962. The minimum Gasteiger partial charge on any atom is -0.471 e. The van der Waals surface area contributed by atoms with Crippen LogP contribution in [0, 0.1) is 17.6 Å². The topological polar surface area (TPSA) is 83.5 Å². The van der Waals surface area contributed by atoms with E-state index in [-0.39, 0.29) is 30.5 Å². The molecule has 0 unspecified atom stereocenters. The predicted octanol–water partition coefficient (Wildman–Crippen LogP) is 3.76. The van der Waals surface area contributed by atoms with Crippen molar-refractivity contribution in [2.45, 2.75) is 82.1 Å². The Hall–Kier alpha value is -2.58. The van der Waals surface area contributed by atoms with E-state index in [0.29, 0.717) is 11.4 Å². The molecule has 1 spiro atoms. The number of ether oxygens (including phenoxy) is 1. The van der Waals surface area contributed by atoms with Crippen LogP contribution in [0.15, 0.2) is 30.5 Å². The van der Waals surface area contributed by atoms with E-state index in [1.807, 2.05) is 6.20 Å². The van der Waals surface area contributed by atoms with E-state index >= 15 is 0 Å². The molecule has 3 atom stereocenters. The summed E-state index contributed by atoms with van der Waals surface area (Å²) in [4.78, 5) is 16.4. The molecule has 3 aliphatic rings. The van der Waals surface area contributed by atoms with Crippen LogP contribution in [0.2, 0.25) is 0 Å². The van der Waals surface area contributed by atoms with Crippen molar-refractivity contribution in [1.29, 1.82) is 0 Å². The number of nitrogens with zero attached hydrogens (tertiary/aromatic N) is 1. The molecule has 1 aliphatic heterocycles. The molecule has 188 valence electrons. The summed E-state index contributed by atoms with van der Waals surface area (Å²) in [5, 5.41) is 17.2. The molecule has 2 fully saturated rings. The van der Waals surface area contributed by atoms with Crippen molar-refractivity contribution in [1.82, 2.24) is 15.6 Å². The predicted molar refractivity (Wildman–Crippen MR) is 127 cm³/mol. The molecule has 0 radical (unpaired) electrons. The number of pyridine rings is 1. The van der Waals surface area contributed by atoms with Crippen LogP contribution in [0.1, 0.15) is 68.2 Å². The Morgan fingerprint density at radius 3 is 2.57 bits per heavy atom. The number of carbonyl (C=O) groups excluding carboxylic acids is 1. The van der Waals surface area contributed by atoms with E-state index in [4.69, 9.17) is 4.74 Å². The molecular formula is C27H33F2N3O3. The van der Waals surface area contributed by atoms with Crippen molar-refractivity contribution < 1.29 is 23.4 Å². The number of hydrogen-bond donors (Lipinski definition) is 3. The number of hydrogen-bond acceptors (Lipinski definition) is 5. The number of rotatable bonds is 9. The molecule has 2 saturated carbocycles. The Morgan fingerprint density at radius 1 is 1.20 bits per heavy atom. The molecule has 2 heterocycles. The van der Waals surface area contributed by atoms with Gasteiger partial charge >= 0.3 is 0 Å². The lowest BCUT2D eigenvalue weighted by Crippen LogP contribution is -2.52. The number of halogens is 2. The van der Waals surface area contributed by atoms with Crippen molar-refractivity contribution in [3.05, 3.63) is 58.8 Å². The number of aliphatic hydroxyl groups is 1. The Balaban J connectivity index is 1.30. The van der Waals surface area contributed by atoms with Crippen LogP contribution >= 0.6 is 0 Å². The first-order valence-electron chi connectivity index (χ1n) is 12.6. The van der Waals surface area contributed by atoms with E-state index in [1.54, 1.807) is 0 Å². The van der Waals surface area contributed by atoms with Crippen molar-refractivity contribution in [2.24, 2.45) is 5.92 Å². The molecule has 3 N–H and O–H groups in total. The summed E-state index contributed by atoms with van der Waals surface area (Å²) in [7, 11) is 0. The number of aliphatic hydroxyl groups excluding tert-OH is 1. The van der Waals surface area contributed by atoms with Gasteiger partial charge < -0.3 is 20.5 Å². The lowest BCUT2D eigenvalue weighted by molar-refractivity contribution is -0.120. The molecule has 1 amide bonds. The molecule has 0 bridgehead atoms. The summed E-state index contributed by atoms with van der Waals surface area (Å²) in [6.07, 6.45) is 8.52. The zero-order valence-electron chi connectivity index (χ0n) is 20.0. The summed E-state index contributed by atoms with van der Waals surface area (Å²) in [5.41, 5.74) is 2.38. The fourth-order valence-corrected chi connectivity index (χ4v) is 5.34. The van der Waals surface area contributed by atoms with Gasteiger partial charge in [-0.15, -0.1) is 0 Å². The second kappa shape index (κ2) is 9.82. The highest BCUT2D eigenvalue weighted by Gasteiger charge is 2.46. The number of amides is 1. The first kappa shape index (κ1) is 24.1. The largest absolute Gasteiger partial charge is 0.471 e. The second-order valence-electron chi connectivity index (χ2n) is 10.5. The smallest absolute Gasteiger partial charge is 0.218 e. The molecule has 2 aliphatic carbocycles. The fraction of sp³-hybridized carbons (Fsp3) is 0.556. The van der Waals surface area contributed by atoms with E-state index in [2.05, 4.69) is 21.7 Å². The monoisotopic (exact) mass is 485 g/mol. The van der Waals surface area contributed by atoms with Gasteiger partial charge in [-0.3, -0.25) is 4.79 Å². The Labute approximate surface area is 204 Å². The summed E-state index contributed by atoms with van der Waals surface area (Å²) in [6, 6.07) is 4.69. The lowest BCUT2D eigenvalue weighted by atomic mass is 9.73. The molecule has 8 heteroatoms. The van der Waals surface area contributed by atoms with Crippen LogP contribution < -0.4 is 15.4 Å². The number of benzene rings is 1. The van der Waals surface area contributed by atoms with Gasteiger partial charge in [0.15, 0.2) is 0 Å². The van der Waals surface area contributed by atoms with Crippen LogP contribution in [-0.4, -0.2) is 40.3 Å². The normalized spacial score (nSPS) is 22.0. The van der Waals surface area contributed by atoms with E-state index in [0.717, 1.165) is 49.7 Å². The van der Waals surface area contributed by atoms with Gasteiger partial charge in [-0.05, 0) is 80.2 Å². The van der Waals surface area contributed by atoms with Crippen molar-refractivity contribution in [2.75, 3.05) is 6.54 Å². The number of nitrogens with one attached hydrogen (secondary N) is 2. The maximum absolute atomic E-state index is 13.7. The second-order valence-corrected chi connectivity index (χ2v) is 10.5. The van der Waals surface area contributed by atoms with Crippen LogP contribution in [0.3, 0.4) is 0 Å². The molecule has 5 rings (SSSR count). The average molecular weight is 486 g/mol. The average Bonchev–Trinajstić information content (AvgIpc) is 3.58. The Morgan fingerprint density at radius 2 is 1.94 bits per heavy atom. The fourth-order valence-electron chi connectivity index (χ4n) is 5.34. The van der Waals surface area contributed by atoms with Crippen LogP contribution in [-0.2, 0) is 17.6 Å². The van der Waals surface area contributed by atoms with Crippen LogP contribution in [0.5, 0.6) is 5.88 Å². The van der Waals surface area contributed by atoms with Gasteiger partial charge in [0.2, 0.25) is 11.8 Å². The maximum Gasteiger partial charge on any atom is 0.218 e. The Kier molecular flexibility index (Phi) is 6.77. The van der Waals surface area contributed by atoms with Crippen molar-refractivity contribution in [3.8, 4) is 5.88 Å². The zero-order chi connectivity index (χ0) is 24.6. The van der Waals surface area contributed by atoms with E-state index < -0.39 is 23.8 Å². The summed E-state index contributed by atoms with van der Waals surface area (Å²) in [6.45, 7) is 1.57. The third-order valence-corrected chi connectivity index (χ3v) is 7.49.